The first-order valence-electron chi connectivity index (χ1n) is 10.3. The van der Waals surface area contributed by atoms with Crippen molar-refractivity contribution in [3.63, 3.8) is 0 Å². The first kappa shape index (κ1) is 19.1. The quantitative estimate of drug-likeness (QED) is 0.823. The van der Waals surface area contributed by atoms with Gasteiger partial charge in [0.25, 0.3) is 0 Å². The normalized spacial score (nSPS) is 27.0. The van der Waals surface area contributed by atoms with Crippen LogP contribution < -0.4 is 0 Å². The SMILES string of the molecule is CC[C@]1(O)CCC[C@H]2CN(C(=O)CCCc3nc(-c4cccnc4)no3)C[C@H]21. The van der Waals surface area contributed by atoms with Crippen molar-refractivity contribution in [3.8, 4) is 11.4 Å². The number of aliphatic hydroxyl groups is 1. The average molecular weight is 384 g/mol. The highest BCUT2D eigenvalue weighted by Crippen LogP contribution is 2.44. The van der Waals surface area contributed by atoms with Crippen molar-refractivity contribution < 1.29 is 14.4 Å². The third-order valence-corrected chi connectivity index (χ3v) is 6.45. The summed E-state index contributed by atoms with van der Waals surface area (Å²) in [7, 11) is 0. The molecule has 28 heavy (non-hydrogen) atoms. The molecule has 3 heterocycles. The Labute approximate surface area is 165 Å². The molecule has 2 aromatic rings. The van der Waals surface area contributed by atoms with Gasteiger partial charge in [-0.2, -0.15) is 4.98 Å². The van der Waals surface area contributed by atoms with Crippen molar-refractivity contribution in [1.29, 1.82) is 0 Å². The van der Waals surface area contributed by atoms with Crippen molar-refractivity contribution in [2.45, 2.75) is 57.5 Å². The zero-order valence-corrected chi connectivity index (χ0v) is 16.4. The molecule has 0 aromatic carbocycles. The van der Waals surface area contributed by atoms with Crippen LogP contribution in [0.5, 0.6) is 0 Å². The van der Waals surface area contributed by atoms with E-state index in [9.17, 15) is 9.90 Å². The van der Waals surface area contributed by atoms with E-state index in [1.807, 2.05) is 17.0 Å². The van der Waals surface area contributed by atoms with Crippen molar-refractivity contribution in [2.24, 2.45) is 11.8 Å². The van der Waals surface area contributed by atoms with Crippen molar-refractivity contribution >= 4 is 5.91 Å². The molecule has 0 bridgehead atoms. The van der Waals surface area contributed by atoms with E-state index >= 15 is 0 Å². The lowest BCUT2D eigenvalue weighted by Crippen LogP contribution is -2.44. The molecular weight excluding hydrogens is 356 g/mol. The van der Waals surface area contributed by atoms with Crippen molar-refractivity contribution in [3.05, 3.63) is 30.4 Å². The van der Waals surface area contributed by atoms with Crippen LogP contribution in [0.2, 0.25) is 0 Å². The molecule has 0 radical (unpaired) electrons. The number of pyridine rings is 1. The third-order valence-electron chi connectivity index (χ3n) is 6.45. The summed E-state index contributed by atoms with van der Waals surface area (Å²) in [6.45, 7) is 3.54. The molecule has 0 spiro atoms. The lowest BCUT2D eigenvalue weighted by Gasteiger charge is -2.40. The van der Waals surface area contributed by atoms with Gasteiger partial charge in [-0.3, -0.25) is 9.78 Å². The summed E-state index contributed by atoms with van der Waals surface area (Å²) >= 11 is 0. The summed E-state index contributed by atoms with van der Waals surface area (Å²) in [5, 5.41) is 14.9. The van der Waals surface area contributed by atoms with Crippen LogP contribution in [0.25, 0.3) is 11.4 Å². The van der Waals surface area contributed by atoms with E-state index in [-0.39, 0.29) is 11.8 Å². The number of nitrogens with zero attached hydrogens (tertiary/aromatic N) is 4. The molecule has 0 unspecified atom stereocenters. The lowest BCUT2D eigenvalue weighted by atomic mass is 9.69. The highest BCUT2D eigenvalue weighted by Gasteiger charge is 2.48. The number of rotatable bonds is 6. The predicted octanol–water partition coefficient (Wildman–Crippen LogP) is 2.85. The predicted molar refractivity (Wildman–Crippen MR) is 103 cm³/mol. The smallest absolute Gasteiger partial charge is 0.226 e. The number of amides is 1. The first-order chi connectivity index (χ1) is 13.6. The Balaban J connectivity index is 1.28. The molecule has 1 saturated carbocycles. The van der Waals surface area contributed by atoms with Crippen LogP contribution in [0, 0.1) is 11.8 Å². The molecular formula is C21H28N4O3. The summed E-state index contributed by atoms with van der Waals surface area (Å²) in [5.41, 5.74) is 0.223. The van der Waals surface area contributed by atoms with E-state index in [4.69, 9.17) is 4.52 Å². The molecule has 150 valence electrons. The van der Waals surface area contributed by atoms with E-state index in [0.717, 1.165) is 37.8 Å². The number of aromatic nitrogens is 3. The van der Waals surface area contributed by atoms with Crippen LogP contribution in [-0.2, 0) is 11.2 Å². The number of fused-ring (bicyclic) bond motifs is 1. The number of hydrogen-bond acceptors (Lipinski definition) is 6. The maximum absolute atomic E-state index is 12.7. The molecule has 1 saturated heterocycles. The molecule has 3 atom stereocenters. The minimum atomic E-state index is -0.593. The maximum Gasteiger partial charge on any atom is 0.226 e. The highest BCUT2D eigenvalue weighted by molar-refractivity contribution is 5.76. The number of carbonyl (C=O) groups excluding carboxylic acids is 1. The van der Waals surface area contributed by atoms with Gasteiger partial charge in [-0.25, -0.2) is 0 Å². The fourth-order valence-corrected chi connectivity index (χ4v) is 4.79. The van der Waals surface area contributed by atoms with Crippen molar-refractivity contribution in [1.82, 2.24) is 20.0 Å². The number of hydrogen-bond donors (Lipinski definition) is 1. The Hall–Kier alpha value is -2.28. The Morgan fingerprint density at radius 3 is 3.11 bits per heavy atom. The molecule has 1 amide bonds. The van der Waals surface area contributed by atoms with Gasteiger partial charge in [-0.1, -0.05) is 18.5 Å². The van der Waals surface area contributed by atoms with Gasteiger partial charge in [-0.05, 0) is 43.7 Å². The van der Waals surface area contributed by atoms with E-state index in [1.165, 1.54) is 0 Å². The minimum Gasteiger partial charge on any atom is -0.390 e. The van der Waals surface area contributed by atoms with Gasteiger partial charge >= 0.3 is 0 Å². The van der Waals surface area contributed by atoms with Crippen LogP contribution in [0.1, 0.15) is 51.3 Å². The molecule has 1 N–H and O–H groups in total. The fourth-order valence-electron chi connectivity index (χ4n) is 4.79. The maximum atomic E-state index is 12.7. The van der Waals surface area contributed by atoms with Gasteiger partial charge < -0.3 is 14.5 Å². The largest absolute Gasteiger partial charge is 0.390 e. The van der Waals surface area contributed by atoms with Crippen LogP contribution in [0.4, 0.5) is 0 Å². The number of likely N-dealkylation sites (tertiary alicyclic amines) is 1. The Kier molecular flexibility index (Phi) is 5.44. The van der Waals surface area contributed by atoms with E-state index in [0.29, 0.717) is 43.4 Å². The van der Waals surface area contributed by atoms with Gasteiger partial charge in [0, 0.05) is 49.8 Å². The number of carbonyl (C=O) groups is 1. The van der Waals surface area contributed by atoms with Crippen LogP contribution in [0.3, 0.4) is 0 Å². The third kappa shape index (κ3) is 3.81. The van der Waals surface area contributed by atoms with Crippen molar-refractivity contribution in [2.75, 3.05) is 13.1 Å². The summed E-state index contributed by atoms with van der Waals surface area (Å²) < 4.78 is 5.30. The molecule has 1 aliphatic carbocycles. The summed E-state index contributed by atoms with van der Waals surface area (Å²) in [4.78, 5) is 23.1. The zero-order valence-electron chi connectivity index (χ0n) is 16.4. The van der Waals surface area contributed by atoms with Crippen LogP contribution >= 0.6 is 0 Å². The summed E-state index contributed by atoms with van der Waals surface area (Å²) in [5.74, 6) is 1.91. The zero-order chi connectivity index (χ0) is 19.6. The summed E-state index contributed by atoms with van der Waals surface area (Å²) in [6, 6.07) is 3.72. The molecule has 7 nitrogen and oxygen atoms in total. The topological polar surface area (TPSA) is 92.3 Å². The standard InChI is InChI=1S/C21H28N4O3/c1-2-21(27)10-4-6-16-13-25(14-17(16)21)19(26)9-3-8-18-23-20(24-28-18)15-7-5-11-22-12-15/h5,7,11-12,16-17,27H,2-4,6,8-10,13-14H2,1H3/t16-,17+,21-/m0/s1. The molecule has 2 fully saturated rings. The second-order valence-corrected chi connectivity index (χ2v) is 8.12. The van der Waals surface area contributed by atoms with Crippen LogP contribution in [-0.4, -0.2) is 49.7 Å². The highest BCUT2D eigenvalue weighted by atomic mass is 16.5. The number of aryl methyl sites for hydroxylation is 1. The Morgan fingerprint density at radius 1 is 1.43 bits per heavy atom. The van der Waals surface area contributed by atoms with Gasteiger partial charge in [0.2, 0.25) is 17.6 Å². The van der Waals surface area contributed by atoms with Crippen LogP contribution in [0.15, 0.2) is 29.0 Å². The second kappa shape index (κ2) is 7.99. The fraction of sp³-hybridized carbons (Fsp3) is 0.619. The van der Waals surface area contributed by atoms with E-state index < -0.39 is 5.60 Å². The molecule has 4 rings (SSSR count). The average Bonchev–Trinajstić information content (AvgIpc) is 3.37. The molecule has 7 heteroatoms. The second-order valence-electron chi connectivity index (χ2n) is 8.12. The minimum absolute atomic E-state index is 0.167. The lowest BCUT2D eigenvalue weighted by molar-refractivity contribution is -0.130. The van der Waals surface area contributed by atoms with Gasteiger partial charge in [0.05, 0.1) is 5.60 Å². The van der Waals surface area contributed by atoms with Gasteiger partial charge in [-0.15, -0.1) is 0 Å². The van der Waals surface area contributed by atoms with Gasteiger partial charge in [0.15, 0.2) is 0 Å². The summed E-state index contributed by atoms with van der Waals surface area (Å²) in [6.07, 6.45) is 8.94. The van der Waals surface area contributed by atoms with E-state index in [1.54, 1.807) is 12.4 Å². The monoisotopic (exact) mass is 384 g/mol. The van der Waals surface area contributed by atoms with Gasteiger partial charge in [0.1, 0.15) is 0 Å². The van der Waals surface area contributed by atoms with E-state index in [2.05, 4.69) is 22.0 Å². The Bertz CT molecular complexity index is 809. The first-order valence-corrected chi connectivity index (χ1v) is 10.3. The molecule has 2 aliphatic rings. The molecule has 1 aliphatic heterocycles. The Morgan fingerprint density at radius 2 is 2.32 bits per heavy atom. The molecule has 2 aromatic heterocycles.